The molecule has 16 heavy (non-hydrogen) atoms. The van der Waals surface area contributed by atoms with Gasteiger partial charge in [0, 0.05) is 23.8 Å². The smallest absolute Gasteiger partial charge is 0.224 e. The summed E-state index contributed by atoms with van der Waals surface area (Å²) >= 11 is 4.18. The predicted molar refractivity (Wildman–Crippen MR) is 59.2 cm³/mol. The van der Waals surface area contributed by atoms with Crippen molar-refractivity contribution >= 4 is 18.5 Å². The zero-order chi connectivity index (χ0) is 11.7. The third kappa shape index (κ3) is 2.19. The molecule has 1 saturated heterocycles. The third-order valence-corrected chi connectivity index (χ3v) is 2.95. The molecule has 1 amide bonds. The maximum Gasteiger partial charge on any atom is 0.224 e. The first kappa shape index (κ1) is 11.4. The molecule has 86 valence electrons. The highest BCUT2D eigenvalue weighted by Crippen LogP contribution is 2.21. The van der Waals surface area contributed by atoms with Crippen molar-refractivity contribution in [2.24, 2.45) is 0 Å². The topological polar surface area (TPSA) is 20.3 Å². The van der Waals surface area contributed by atoms with Gasteiger partial charge < -0.3 is 4.90 Å². The molecule has 2 rings (SSSR count). The van der Waals surface area contributed by atoms with Crippen LogP contribution in [-0.2, 0) is 11.3 Å². The number of hydrogen-bond donors (Lipinski definition) is 1. The summed E-state index contributed by atoms with van der Waals surface area (Å²) in [6.45, 7) is 0.421. The van der Waals surface area contributed by atoms with Crippen LogP contribution in [0.1, 0.15) is 12.0 Å². The number of carbonyl (C=O) groups is 1. The van der Waals surface area contributed by atoms with Crippen molar-refractivity contribution in [1.29, 1.82) is 0 Å². The molecule has 0 bridgehead atoms. The molecule has 0 spiro atoms. The Morgan fingerprint density at radius 3 is 2.50 bits per heavy atom. The summed E-state index contributed by atoms with van der Waals surface area (Å²) in [5, 5.41) is -0.0395. The van der Waals surface area contributed by atoms with E-state index in [0.717, 1.165) is 0 Å². The molecule has 1 aliphatic heterocycles. The Bertz CT molecular complexity index is 404. The van der Waals surface area contributed by atoms with Crippen LogP contribution in [0.25, 0.3) is 0 Å². The van der Waals surface area contributed by atoms with E-state index in [9.17, 15) is 13.6 Å². The van der Waals surface area contributed by atoms with Gasteiger partial charge in [-0.1, -0.05) is 6.07 Å². The number of carbonyl (C=O) groups excluding carboxylic acids is 1. The fourth-order valence-corrected chi connectivity index (χ4v) is 2.13. The summed E-state index contributed by atoms with van der Waals surface area (Å²) in [5.41, 5.74) is -0.0571. The van der Waals surface area contributed by atoms with Crippen molar-refractivity contribution in [2.75, 3.05) is 6.54 Å². The van der Waals surface area contributed by atoms with Crippen LogP contribution in [0.15, 0.2) is 18.2 Å². The van der Waals surface area contributed by atoms with Crippen molar-refractivity contribution < 1.29 is 13.6 Å². The summed E-state index contributed by atoms with van der Waals surface area (Å²) in [6, 6.07) is 3.69. The quantitative estimate of drug-likeness (QED) is 0.788. The highest BCUT2D eigenvalue weighted by Gasteiger charge is 2.28. The van der Waals surface area contributed by atoms with Gasteiger partial charge in [0.1, 0.15) is 11.6 Å². The molecular formula is C11H11F2NOS. The Balaban J connectivity index is 2.18. The van der Waals surface area contributed by atoms with Crippen LogP contribution >= 0.6 is 12.6 Å². The van der Waals surface area contributed by atoms with Crippen LogP contribution in [0.3, 0.4) is 0 Å². The monoisotopic (exact) mass is 243 g/mol. The van der Waals surface area contributed by atoms with Gasteiger partial charge in [0.2, 0.25) is 5.91 Å². The lowest BCUT2D eigenvalue weighted by atomic mass is 10.2. The van der Waals surface area contributed by atoms with Gasteiger partial charge in [-0.15, -0.1) is 0 Å². The van der Waals surface area contributed by atoms with E-state index in [1.54, 1.807) is 0 Å². The molecule has 5 heteroatoms. The van der Waals surface area contributed by atoms with Gasteiger partial charge in [-0.05, 0) is 12.1 Å². The fraction of sp³-hybridized carbons (Fsp3) is 0.364. The normalized spacial score (nSPS) is 20.6. The maximum absolute atomic E-state index is 13.3. The van der Waals surface area contributed by atoms with Gasteiger partial charge in [-0.3, -0.25) is 4.79 Å². The van der Waals surface area contributed by atoms with E-state index in [0.29, 0.717) is 13.0 Å². The second-order valence-corrected chi connectivity index (χ2v) is 4.56. The van der Waals surface area contributed by atoms with Crippen LogP contribution in [0.2, 0.25) is 0 Å². The molecule has 1 unspecified atom stereocenters. The fourth-order valence-electron chi connectivity index (χ4n) is 1.78. The summed E-state index contributed by atoms with van der Waals surface area (Å²) in [7, 11) is 0. The van der Waals surface area contributed by atoms with Crippen molar-refractivity contribution in [3.8, 4) is 0 Å². The Labute approximate surface area is 97.7 Å². The average molecular weight is 243 g/mol. The molecule has 1 atom stereocenters. The first-order valence-electron chi connectivity index (χ1n) is 4.96. The number of likely N-dealkylation sites (tertiary alicyclic amines) is 1. The Morgan fingerprint density at radius 2 is 2.00 bits per heavy atom. The average Bonchev–Trinajstić information content (AvgIpc) is 2.51. The zero-order valence-corrected chi connectivity index (χ0v) is 9.38. The maximum atomic E-state index is 13.3. The minimum atomic E-state index is -0.615. The minimum absolute atomic E-state index is 0.0194. The van der Waals surface area contributed by atoms with E-state index in [1.165, 1.54) is 23.1 Å². The zero-order valence-electron chi connectivity index (χ0n) is 8.49. The van der Waals surface area contributed by atoms with Crippen LogP contribution in [0.4, 0.5) is 8.78 Å². The summed E-state index contributed by atoms with van der Waals surface area (Å²) in [6.07, 6.45) is 0.333. The first-order chi connectivity index (χ1) is 7.58. The van der Waals surface area contributed by atoms with Crippen molar-refractivity contribution in [3.05, 3.63) is 35.4 Å². The summed E-state index contributed by atoms with van der Waals surface area (Å²) < 4.78 is 26.7. The molecule has 1 heterocycles. The molecule has 1 fully saturated rings. The second-order valence-electron chi connectivity index (χ2n) is 3.83. The number of rotatable bonds is 2. The van der Waals surface area contributed by atoms with E-state index in [2.05, 4.69) is 12.6 Å². The first-order valence-corrected chi connectivity index (χ1v) is 5.48. The summed E-state index contributed by atoms with van der Waals surface area (Å²) in [5.74, 6) is -1.34. The van der Waals surface area contributed by atoms with Crippen molar-refractivity contribution in [1.82, 2.24) is 4.90 Å². The Kier molecular flexibility index (Phi) is 3.14. The Morgan fingerprint density at radius 1 is 1.38 bits per heavy atom. The highest BCUT2D eigenvalue weighted by molar-refractivity contribution is 7.81. The Hall–Kier alpha value is -1.10. The largest absolute Gasteiger partial charge is 0.337 e. The molecular weight excluding hydrogens is 232 g/mol. The molecule has 1 aliphatic rings. The van der Waals surface area contributed by atoms with Crippen LogP contribution in [0.5, 0.6) is 0 Å². The third-order valence-electron chi connectivity index (χ3n) is 2.60. The van der Waals surface area contributed by atoms with E-state index >= 15 is 0 Å². The van der Waals surface area contributed by atoms with E-state index in [4.69, 9.17) is 0 Å². The summed E-state index contributed by atoms with van der Waals surface area (Å²) in [4.78, 5) is 12.9. The van der Waals surface area contributed by atoms with Crippen LogP contribution in [-0.4, -0.2) is 22.6 Å². The van der Waals surface area contributed by atoms with Gasteiger partial charge >= 0.3 is 0 Å². The molecule has 0 aliphatic carbocycles. The number of benzene rings is 1. The SMILES string of the molecule is O=C1CC(S)CN1Cc1c(F)cccc1F. The van der Waals surface area contributed by atoms with Gasteiger partial charge in [0.15, 0.2) is 0 Å². The van der Waals surface area contributed by atoms with Crippen molar-refractivity contribution in [3.63, 3.8) is 0 Å². The number of nitrogens with zero attached hydrogens (tertiary/aromatic N) is 1. The molecule has 1 aromatic carbocycles. The molecule has 2 nitrogen and oxygen atoms in total. The number of thiol groups is 1. The number of amides is 1. The second kappa shape index (κ2) is 4.41. The molecule has 0 saturated carbocycles. The minimum Gasteiger partial charge on any atom is -0.337 e. The van der Waals surface area contributed by atoms with Gasteiger partial charge in [0.05, 0.1) is 6.54 Å². The van der Waals surface area contributed by atoms with Gasteiger partial charge in [0.25, 0.3) is 0 Å². The lowest BCUT2D eigenvalue weighted by molar-refractivity contribution is -0.128. The van der Waals surface area contributed by atoms with E-state index in [1.807, 2.05) is 0 Å². The lowest BCUT2D eigenvalue weighted by Gasteiger charge is -2.16. The van der Waals surface area contributed by atoms with Crippen LogP contribution in [0, 0.1) is 11.6 Å². The molecule has 0 N–H and O–H groups in total. The van der Waals surface area contributed by atoms with E-state index in [-0.39, 0.29) is 23.3 Å². The van der Waals surface area contributed by atoms with Crippen molar-refractivity contribution in [2.45, 2.75) is 18.2 Å². The number of hydrogen-bond acceptors (Lipinski definition) is 2. The van der Waals surface area contributed by atoms with Gasteiger partial charge in [-0.25, -0.2) is 8.78 Å². The molecule has 0 radical (unpaired) electrons. The van der Waals surface area contributed by atoms with Gasteiger partial charge in [-0.2, -0.15) is 12.6 Å². The molecule has 0 aromatic heterocycles. The predicted octanol–water partition coefficient (Wildman–Crippen LogP) is 2.00. The highest BCUT2D eigenvalue weighted by atomic mass is 32.1. The number of halogens is 2. The standard InChI is InChI=1S/C11H11F2NOS/c12-9-2-1-3-10(13)8(9)6-14-5-7(16)4-11(14)15/h1-3,7,16H,4-6H2. The van der Waals surface area contributed by atoms with Crippen LogP contribution < -0.4 is 0 Å². The van der Waals surface area contributed by atoms with E-state index < -0.39 is 11.6 Å². The molecule has 1 aromatic rings. The lowest BCUT2D eigenvalue weighted by Crippen LogP contribution is -2.25.